The molecule has 0 aliphatic carbocycles. The standard InChI is InChI=1S/C13H11ClN2O2S/c14-11-4-3-8(6-10(11)13(15)18)16-12(17)7-9-2-1-5-19-9/h1-6H,7H2,(H2,15,18)(H,16,17). The van der Waals surface area contributed by atoms with Gasteiger partial charge in [0, 0.05) is 10.6 Å². The molecule has 0 bridgehead atoms. The molecule has 4 nitrogen and oxygen atoms in total. The van der Waals surface area contributed by atoms with E-state index >= 15 is 0 Å². The van der Waals surface area contributed by atoms with Crippen molar-refractivity contribution in [3.8, 4) is 0 Å². The molecule has 0 aliphatic heterocycles. The smallest absolute Gasteiger partial charge is 0.250 e. The average Bonchev–Trinajstić information content (AvgIpc) is 2.84. The first-order valence-corrected chi connectivity index (χ1v) is 6.73. The molecule has 0 aliphatic rings. The largest absolute Gasteiger partial charge is 0.366 e. The van der Waals surface area contributed by atoms with Crippen LogP contribution >= 0.6 is 22.9 Å². The zero-order valence-corrected chi connectivity index (χ0v) is 11.4. The predicted molar refractivity (Wildman–Crippen MR) is 76.6 cm³/mol. The number of carbonyl (C=O) groups excluding carboxylic acids is 2. The maximum absolute atomic E-state index is 11.8. The third kappa shape index (κ3) is 3.56. The zero-order valence-electron chi connectivity index (χ0n) is 9.85. The van der Waals surface area contributed by atoms with Crippen molar-refractivity contribution in [3.05, 3.63) is 51.2 Å². The van der Waals surface area contributed by atoms with Crippen LogP contribution in [-0.4, -0.2) is 11.8 Å². The van der Waals surface area contributed by atoms with Gasteiger partial charge < -0.3 is 11.1 Å². The Morgan fingerprint density at radius 3 is 2.74 bits per heavy atom. The Balaban J connectivity index is 2.09. The maximum Gasteiger partial charge on any atom is 0.250 e. The minimum Gasteiger partial charge on any atom is -0.366 e. The first kappa shape index (κ1) is 13.6. The number of nitrogens with two attached hydrogens (primary N) is 1. The van der Waals surface area contributed by atoms with Crippen LogP contribution in [0.25, 0.3) is 0 Å². The van der Waals surface area contributed by atoms with Crippen LogP contribution in [0, 0.1) is 0 Å². The summed E-state index contributed by atoms with van der Waals surface area (Å²) in [6.07, 6.45) is 0.298. The van der Waals surface area contributed by atoms with Gasteiger partial charge in [-0.25, -0.2) is 0 Å². The SMILES string of the molecule is NC(=O)c1cc(NC(=O)Cc2cccs2)ccc1Cl. The lowest BCUT2D eigenvalue weighted by Crippen LogP contribution is -2.16. The lowest BCUT2D eigenvalue weighted by molar-refractivity contribution is -0.115. The van der Waals surface area contributed by atoms with E-state index in [1.54, 1.807) is 6.07 Å². The molecule has 0 atom stereocenters. The number of hydrogen-bond donors (Lipinski definition) is 2. The van der Waals surface area contributed by atoms with Gasteiger partial charge in [0.25, 0.3) is 0 Å². The Morgan fingerprint density at radius 1 is 1.32 bits per heavy atom. The Bertz CT molecular complexity index is 611. The molecule has 6 heteroatoms. The molecule has 98 valence electrons. The molecule has 19 heavy (non-hydrogen) atoms. The fourth-order valence-corrected chi connectivity index (χ4v) is 2.48. The molecule has 3 N–H and O–H groups in total. The number of hydrogen-bond acceptors (Lipinski definition) is 3. The molecule has 0 saturated carbocycles. The summed E-state index contributed by atoms with van der Waals surface area (Å²) in [6.45, 7) is 0. The average molecular weight is 295 g/mol. The van der Waals surface area contributed by atoms with E-state index in [1.165, 1.54) is 23.5 Å². The second-order valence-electron chi connectivity index (χ2n) is 3.86. The van der Waals surface area contributed by atoms with Gasteiger partial charge in [-0.2, -0.15) is 0 Å². The van der Waals surface area contributed by atoms with Crippen LogP contribution in [-0.2, 0) is 11.2 Å². The van der Waals surface area contributed by atoms with Gasteiger partial charge in [0.1, 0.15) is 0 Å². The molecule has 0 unspecified atom stereocenters. The highest BCUT2D eigenvalue weighted by Crippen LogP contribution is 2.20. The third-order valence-electron chi connectivity index (χ3n) is 2.43. The van der Waals surface area contributed by atoms with Crippen LogP contribution in [0.2, 0.25) is 5.02 Å². The molecular weight excluding hydrogens is 284 g/mol. The lowest BCUT2D eigenvalue weighted by atomic mass is 10.2. The first-order valence-electron chi connectivity index (χ1n) is 5.48. The van der Waals surface area contributed by atoms with Gasteiger partial charge in [-0.3, -0.25) is 9.59 Å². The molecule has 0 saturated heterocycles. The molecule has 2 rings (SSSR count). The van der Waals surface area contributed by atoms with Crippen molar-refractivity contribution in [3.63, 3.8) is 0 Å². The summed E-state index contributed by atoms with van der Waals surface area (Å²) in [6, 6.07) is 8.40. The Kier molecular flexibility index (Phi) is 4.19. The van der Waals surface area contributed by atoms with Crippen molar-refractivity contribution >= 4 is 40.4 Å². The van der Waals surface area contributed by atoms with Crippen molar-refractivity contribution in [1.29, 1.82) is 0 Å². The molecule has 2 amide bonds. The summed E-state index contributed by atoms with van der Waals surface area (Å²) in [7, 11) is 0. The Hall–Kier alpha value is -1.85. The van der Waals surface area contributed by atoms with E-state index in [0.717, 1.165) is 4.88 Å². The molecule has 0 spiro atoms. The van der Waals surface area contributed by atoms with Gasteiger partial charge in [0.05, 0.1) is 17.0 Å². The van der Waals surface area contributed by atoms with Gasteiger partial charge >= 0.3 is 0 Å². The van der Waals surface area contributed by atoms with Gasteiger partial charge in [0.2, 0.25) is 11.8 Å². The summed E-state index contributed by atoms with van der Waals surface area (Å²) in [4.78, 5) is 23.9. The van der Waals surface area contributed by atoms with Gasteiger partial charge in [-0.05, 0) is 29.6 Å². The highest BCUT2D eigenvalue weighted by Gasteiger charge is 2.10. The topological polar surface area (TPSA) is 72.2 Å². The molecule has 0 radical (unpaired) electrons. The van der Waals surface area contributed by atoms with Crippen LogP contribution in [0.15, 0.2) is 35.7 Å². The molecule has 1 aromatic carbocycles. The van der Waals surface area contributed by atoms with Crippen LogP contribution in [0.4, 0.5) is 5.69 Å². The molecule has 2 aromatic rings. The van der Waals surface area contributed by atoms with E-state index in [2.05, 4.69) is 5.32 Å². The summed E-state index contributed by atoms with van der Waals surface area (Å²) >= 11 is 7.35. The van der Waals surface area contributed by atoms with Crippen molar-refractivity contribution in [2.75, 3.05) is 5.32 Å². The van der Waals surface area contributed by atoms with E-state index in [1.807, 2.05) is 17.5 Å². The highest BCUT2D eigenvalue weighted by atomic mass is 35.5. The summed E-state index contributed by atoms with van der Waals surface area (Å²) < 4.78 is 0. The third-order valence-corrected chi connectivity index (χ3v) is 3.64. The van der Waals surface area contributed by atoms with Gasteiger partial charge in [-0.15, -0.1) is 11.3 Å². The number of carbonyl (C=O) groups is 2. The number of nitrogens with one attached hydrogen (secondary N) is 1. The molecular formula is C13H11ClN2O2S. The molecule has 1 aromatic heterocycles. The van der Waals surface area contributed by atoms with Crippen molar-refractivity contribution in [2.45, 2.75) is 6.42 Å². The Labute approximate surface area is 119 Å². The maximum atomic E-state index is 11.8. The fourth-order valence-electron chi connectivity index (χ4n) is 1.57. The second kappa shape index (κ2) is 5.86. The highest BCUT2D eigenvalue weighted by molar-refractivity contribution is 7.10. The number of benzene rings is 1. The quantitative estimate of drug-likeness (QED) is 0.910. The number of primary amides is 1. The fraction of sp³-hybridized carbons (Fsp3) is 0.0769. The monoisotopic (exact) mass is 294 g/mol. The number of halogens is 1. The lowest BCUT2D eigenvalue weighted by Gasteiger charge is -2.07. The number of anilines is 1. The van der Waals surface area contributed by atoms with E-state index < -0.39 is 5.91 Å². The number of amides is 2. The van der Waals surface area contributed by atoms with Crippen LogP contribution in [0.1, 0.15) is 15.2 Å². The predicted octanol–water partition coefficient (Wildman–Crippen LogP) is 2.68. The normalized spacial score (nSPS) is 10.2. The summed E-state index contributed by atoms with van der Waals surface area (Å²) in [5.74, 6) is -0.778. The van der Waals surface area contributed by atoms with Crippen molar-refractivity contribution < 1.29 is 9.59 Å². The molecule has 0 fully saturated rings. The van der Waals surface area contributed by atoms with Crippen LogP contribution < -0.4 is 11.1 Å². The minimum absolute atomic E-state index is 0.153. The molecule has 1 heterocycles. The number of thiophene rings is 1. The van der Waals surface area contributed by atoms with E-state index in [0.29, 0.717) is 12.1 Å². The van der Waals surface area contributed by atoms with Gasteiger partial charge in [-0.1, -0.05) is 17.7 Å². The Morgan fingerprint density at radius 2 is 2.11 bits per heavy atom. The minimum atomic E-state index is -0.626. The van der Waals surface area contributed by atoms with Crippen molar-refractivity contribution in [2.24, 2.45) is 5.73 Å². The van der Waals surface area contributed by atoms with Gasteiger partial charge in [0.15, 0.2) is 0 Å². The summed E-state index contributed by atoms with van der Waals surface area (Å²) in [5.41, 5.74) is 5.88. The summed E-state index contributed by atoms with van der Waals surface area (Å²) in [5, 5.41) is 4.88. The van der Waals surface area contributed by atoms with E-state index in [4.69, 9.17) is 17.3 Å². The van der Waals surface area contributed by atoms with E-state index in [-0.39, 0.29) is 16.5 Å². The van der Waals surface area contributed by atoms with E-state index in [9.17, 15) is 9.59 Å². The van der Waals surface area contributed by atoms with Crippen LogP contribution in [0.5, 0.6) is 0 Å². The van der Waals surface area contributed by atoms with Crippen LogP contribution in [0.3, 0.4) is 0 Å². The first-order chi connectivity index (χ1) is 9.06. The second-order valence-corrected chi connectivity index (χ2v) is 5.30. The zero-order chi connectivity index (χ0) is 13.8. The number of rotatable bonds is 4. The van der Waals surface area contributed by atoms with Crippen molar-refractivity contribution in [1.82, 2.24) is 0 Å².